The van der Waals surface area contributed by atoms with E-state index < -0.39 is 91.3 Å². The van der Waals surface area contributed by atoms with Gasteiger partial charge in [-0.05, 0) is 53.2 Å². The molecule has 0 saturated carbocycles. The Morgan fingerprint density at radius 3 is 1.78 bits per heavy atom. The van der Waals surface area contributed by atoms with Crippen LogP contribution in [0, 0.1) is 20.2 Å². The van der Waals surface area contributed by atoms with Crippen LogP contribution in [0.3, 0.4) is 0 Å². The number of rotatable bonds is 10. The number of fused-ring (bicyclic) bond motifs is 1. The van der Waals surface area contributed by atoms with E-state index in [1.807, 2.05) is 0 Å². The minimum Gasteiger partial charge on any atom is -0.871 e. The Hall–Kier alpha value is -5.02. The zero-order chi connectivity index (χ0) is 38.1. The molecule has 0 saturated heterocycles. The summed E-state index contributed by atoms with van der Waals surface area (Å²) in [6.07, 6.45) is 0. The van der Waals surface area contributed by atoms with Gasteiger partial charge in [-0.25, -0.2) is 0 Å². The van der Waals surface area contributed by atoms with Gasteiger partial charge in [0.25, 0.3) is 25.9 Å². The first kappa shape index (κ1) is 43.4. The summed E-state index contributed by atoms with van der Waals surface area (Å²) in [6, 6.07) is 11.7. The molecule has 0 aliphatic rings. The number of aromatic hydroxyl groups is 2. The predicted octanol–water partition coefficient (Wildman–Crippen LogP) is -0.0378. The Morgan fingerprint density at radius 1 is 0.593 bits per heavy atom. The van der Waals surface area contributed by atoms with Crippen LogP contribution in [0.25, 0.3) is 10.8 Å². The number of nitro groups is 2. The fourth-order valence-electron chi connectivity index (χ4n) is 4.30. The Bertz CT molecular complexity index is 2640. The summed E-state index contributed by atoms with van der Waals surface area (Å²) in [5.41, 5.74) is -4.46. The molecular weight excluding hydrogens is 782 g/mol. The smallest absolute Gasteiger partial charge is 0.871 e. The van der Waals surface area contributed by atoms with E-state index in [1.165, 1.54) is 24.3 Å². The van der Waals surface area contributed by atoms with Gasteiger partial charge in [0.1, 0.15) is 26.9 Å². The molecule has 0 fully saturated rings. The van der Waals surface area contributed by atoms with Gasteiger partial charge in [-0.1, -0.05) is 23.6 Å². The maximum absolute atomic E-state index is 13.4. The van der Waals surface area contributed by atoms with Gasteiger partial charge in [-0.2, -0.15) is 27.1 Å². The fraction of sp³-hybridized carbons (Fsp3) is 0. The minimum absolute atomic E-state index is 0. The SMILES string of the molecule is O=[N+]([O-])c1ccc(N=Nc2c(S(=O)(=O)O)cc3ccc(N=Nc4c([O-])ccc(N=Nc5cc(S(=O)(=O)O)cc([N+](=O)[O-])c5O)c4O)cc3c2[O-])cc1.[Na+].[Na+]. The van der Waals surface area contributed by atoms with Crippen LogP contribution in [-0.2, 0) is 20.2 Å². The van der Waals surface area contributed by atoms with Gasteiger partial charge < -0.3 is 20.4 Å². The van der Waals surface area contributed by atoms with Crippen LogP contribution in [0.5, 0.6) is 23.0 Å². The third kappa shape index (κ3) is 9.55. The van der Waals surface area contributed by atoms with Crippen molar-refractivity contribution in [1.82, 2.24) is 0 Å². The molecule has 4 N–H and O–H groups in total. The molecule has 26 heteroatoms. The van der Waals surface area contributed by atoms with Gasteiger partial charge in [0, 0.05) is 18.2 Å². The van der Waals surface area contributed by atoms with Crippen molar-refractivity contribution in [3.05, 3.63) is 93.0 Å². The van der Waals surface area contributed by atoms with Gasteiger partial charge in [0.15, 0.2) is 5.75 Å². The molecule has 5 aromatic rings. The predicted molar refractivity (Wildman–Crippen MR) is 171 cm³/mol. The van der Waals surface area contributed by atoms with E-state index in [-0.39, 0.29) is 86.9 Å². The van der Waals surface area contributed by atoms with Gasteiger partial charge in [0.2, 0.25) is 5.75 Å². The molecule has 54 heavy (non-hydrogen) atoms. The number of hydrogen-bond donors (Lipinski definition) is 4. The topological polar surface area (TPSA) is 356 Å². The number of nitrogens with zero attached hydrogens (tertiary/aromatic N) is 8. The third-order valence-electron chi connectivity index (χ3n) is 6.78. The van der Waals surface area contributed by atoms with E-state index in [0.717, 1.165) is 36.4 Å². The summed E-state index contributed by atoms with van der Waals surface area (Å²) in [6.45, 7) is 0. The second-order valence-electron chi connectivity index (χ2n) is 10.1. The summed E-state index contributed by atoms with van der Waals surface area (Å²) in [4.78, 5) is 18.4. The quantitative estimate of drug-likeness (QED) is 0.0474. The second kappa shape index (κ2) is 17.0. The van der Waals surface area contributed by atoms with Crippen molar-refractivity contribution in [2.75, 3.05) is 0 Å². The number of benzene rings is 5. The Labute approximate surface area is 345 Å². The van der Waals surface area contributed by atoms with Gasteiger partial charge in [0.05, 0.1) is 26.9 Å². The summed E-state index contributed by atoms with van der Waals surface area (Å²) >= 11 is 0. The zero-order valence-corrected chi connectivity index (χ0v) is 32.8. The average Bonchev–Trinajstić information content (AvgIpc) is 3.07. The van der Waals surface area contributed by atoms with Crippen LogP contribution in [0.4, 0.5) is 45.5 Å². The van der Waals surface area contributed by atoms with Gasteiger partial charge in [-0.3, -0.25) is 29.3 Å². The largest absolute Gasteiger partial charge is 1.00 e. The van der Waals surface area contributed by atoms with Crippen LogP contribution >= 0.6 is 0 Å². The molecule has 0 amide bonds. The summed E-state index contributed by atoms with van der Waals surface area (Å²) in [7, 11) is -10.0. The van der Waals surface area contributed by atoms with Gasteiger partial charge in [-0.15, -0.1) is 20.5 Å². The van der Waals surface area contributed by atoms with Crippen molar-refractivity contribution in [3.63, 3.8) is 0 Å². The van der Waals surface area contributed by atoms with Gasteiger partial charge >= 0.3 is 64.8 Å². The molecule has 0 aromatic heterocycles. The fourth-order valence-corrected chi connectivity index (χ4v) is 5.48. The third-order valence-corrected chi connectivity index (χ3v) is 8.48. The van der Waals surface area contributed by atoms with Crippen LogP contribution in [0.15, 0.2) is 113 Å². The van der Waals surface area contributed by atoms with Crippen molar-refractivity contribution >= 4 is 76.5 Å². The minimum atomic E-state index is -5.03. The first-order chi connectivity index (χ1) is 24.3. The Morgan fingerprint density at radius 2 is 1.19 bits per heavy atom. The normalized spacial score (nSPS) is 11.9. The second-order valence-corrected chi connectivity index (χ2v) is 12.9. The summed E-state index contributed by atoms with van der Waals surface area (Å²) in [5.74, 6) is -4.06. The zero-order valence-electron chi connectivity index (χ0n) is 27.2. The monoisotopic (exact) mass is 798 g/mol. The number of phenolic OH excluding ortho intramolecular Hbond substituents is 2. The van der Waals surface area contributed by atoms with Crippen molar-refractivity contribution in [2.45, 2.75) is 9.79 Å². The molecule has 22 nitrogen and oxygen atoms in total. The molecule has 0 atom stereocenters. The van der Waals surface area contributed by atoms with Crippen LogP contribution in [-0.4, -0.2) is 46.0 Å². The molecule has 0 heterocycles. The van der Waals surface area contributed by atoms with Crippen LogP contribution in [0.1, 0.15) is 0 Å². The molecular formula is C28H16N8Na2O14S2. The van der Waals surface area contributed by atoms with E-state index in [2.05, 4.69) is 30.7 Å². The van der Waals surface area contributed by atoms with Crippen molar-refractivity contribution < 1.29 is 115 Å². The number of phenols is 2. The van der Waals surface area contributed by atoms with Crippen molar-refractivity contribution in [2.24, 2.45) is 30.7 Å². The standard InChI is InChI=1S/C28H18N8O14S2.2Na/c37-22-8-7-19(31-32-20-11-17(51(45,46)47)12-21(27(20)39)36(43)44)28(40)24(22)33-30-15-2-1-13-9-23(52(48,49)50)25(26(38)18(13)10-15)34-29-14-3-5-16(6-4-14)35(41)42;;/h1-12,37-40H,(H,45,46,47)(H,48,49,50);;/q;2*+1/p-2. The van der Waals surface area contributed by atoms with E-state index >= 15 is 0 Å². The Kier molecular flexibility index (Phi) is 13.6. The maximum Gasteiger partial charge on any atom is 1.00 e. The maximum atomic E-state index is 13.4. The molecule has 0 aliphatic heterocycles. The first-order valence-electron chi connectivity index (χ1n) is 13.6. The molecule has 0 bridgehead atoms. The Balaban J connectivity index is 0.00000392. The van der Waals surface area contributed by atoms with Crippen LogP contribution < -0.4 is 69.3 Å². The van der Waals surface area contributed by atoms with Crippen LogP contribution in [0.2, 0.25) is 0 Å². The molecule has 0 aliphatic carbocycles. The summed E-state index contributed by atoms with van der Waals surface area (Å²) < 4.78 is 66.4. The van der Waals surface area contributed by atoms with E-state index in [4.69, 9.17) is 0 Å². The molecule has 5 rings (SSSR count). The molecule has 5 aromatic carbocycles. The summed E-state index contributed by atoms with van der Waals surface area (Å²) in [5, 5.41) is 90.6. The number of azo groups is 3. The first-order valence-corrected chi connectivity index (χ1v) is 16.5. The number of nitro benzene ring substituents is 2. The molecule has 0 spiro atoms. The average molecular weight is 799 g/mol. The van der Waals surface area contributed by atoms with Crippen molar-refractivity contribution in [1.29, 1.82) is 0 Å². The molecule has 266 valence electrons. The number of hydrogen-bond acceptors (Lipinski definition) is 18. The molecule has 0 radical (unpaired) electrons. The molecule has 0 unspecified atom stereocenters. The van der Waals surface area contributed by atoms with E-state index in [9.17, 15) is 66.6 Å². The number of non-ortho nitro benzene ring substituents is 1. The van der Waals surface area contributed by atoms with E-state index in [0.29, 0.717) is 12.1 Å². The van der Waals surface area contributed by atoms with Crippen molar-refractivity contribution in [3.8, 4) is 23.0 Å². The van der Waals surface area contributed by atoms with E-state index in [1.54, 1.807) is 0 Å².